The molecule has 1 aliphatic carbocycles. The highest BCUT2D eigenvalue weighted by atomic mass is 16.5. The van der Waals surface area contributed by atoms with E-state index in [2.05, 4.69) is 26.1 Å². The van der Waals surface area contributed by atoms with Gasteiger partial charge in [-0.15, -0.1) is 0 Å². The number of hydrogen-bond acceptors (Lipinski definition) is 3. The van der Waals surface area contributed by atoms with Crippen molar-refractivity contribution in [2.75, 3.05) is 13.7 Å². The summed E-state index contributed by atoms with van der Waals surface area (Å²) in [6, 6.07) is 0.170. The van der Waals surface area contributed by atoms with Crippen LogP contribution >= 0.6 is 0 Å². The molecule has 3 N–H and O–H groups in total. The van der Waals surface area contributed by atoms with Gasteiger partial charge in [0.15, 0.2) is 0 Å². The molecule has 0 saturated heterocycles. The standard InChI is InChI=1S/C10H20N2O2/c1-9(2)7(12-8(13)6-11)5-10(9,3)14-4/h7H,5-6,11H2,1-4H3,(H,12,13). The first-order valence-corrected chi connectivity index (χ1v) is 4.92. The molecule has 14 heavy (non-hydrogen) atoms. The minimum absolute atomic E-state index is 0.0351. The molecule has 0 aromatic heterocycles. The maximum Gasteiger partial charge on any atom is 0.233 e. The minimum Gasteiger partial charge on any atom is -0.378 e. The summed E-state index contributed by atoms with van der Waals surface area (Å²) < 4.78 is 5.45. The summed E-state index contributed by atoms with van der Waals surface area (Å²) in [6.07, 6.45) is 0.849. The maximum absolute atomic E-state index is 11.1. The average Bonchev–Trinajstić information content (AvgIpc) is 2.16. The Bertz CT molecular complexity index is 240. The van der Waals surface area contributed by atoms with E-state index in [4.69, 9.17) is 10.5 Å². The van der Waals surface area contributed by atoms with Crippen LogP contribution in [0.15, 0.2) is 0 Å². The summed E-state index contributed by atoms with van der Waals surface area (Å²) in [6.45, 7) is 6.32. The van der Waals surface area contributed by atoms with Gasteiger partial charge < -0.3 is 15.8 Å². The molecule has 0 spiro atoms. The van der Waals surface area contributed by atoms with Crippen molar-refractivity contribution in [3.8, 4) is 0 Å². The Hall–Kier alpha value is -0.610. The van der Waals surface area contributed by atoms with Crippen molar-refractivity contribution in [3.63, 3.8) is 0 Å². The lowest BCUT2D eigenvalue weighted by molar-refractivity contribution is -0.182. The Kier molecular flexibility index (Phi) is 2.88. The van der Waals surface area contributed by atoms with Crippen molar-refractivity contribution in [2.24, 2.45) is 11.1 Å². The Morgan fingerprint density at radius 3 is 2.50 bits per heavy atom. The number of hydrogen-bond donors (Lipinski definition) is 2. The number of nitrogens with two attached hydrogens (primary N) is 1. The summed E-state index contributed by atoms with van der Waals surface area (Å²) in [5.41, 5.74) is 5.07. The molecule has 82 valence electrons. The van der Waals surface area contributed by atoms with Gasteiger partial charge in [-0.2, -0.15) is 0 Å². The van der Waals surface area contributed by atoms with E-state index in [1.807, 2.05) is 0 Å². The fraction of sp³-hybridized carbons (Fsp3) is 0.900. The normalized spacial score (nSPS) is 34.8. The van der Waals surface area contributed by atoms with Crippen molar-refractivity contribution >= 4 is 5.91 Å². The quantitative estimate of drug-likeness (QED) is 0.687. The Balaban J connectivity index is 2.59. The average molecular weight is 200 g/mol. The molecule has 1 amide bonds. The second kappa shape index (κ2) is 3.51. The first-order chi connectivity index (χ1) is 6.37. The molecular formula is C10H20N2O2. The number of carbonyl (C=O) groups is 1. The molecule has 4 heteroatoms. The van der Waals surface area contributed by atoms with Crippen LogP contribution in [0.25, 0.3) is 0 Å². The summed E-state index contributed by atoms with van der Waals surface area (Å²) in [7, 11) is 1.71. The van der Waals surface area contributed by atoms with Gasteiger partial charge in [-0.25, -0.2) is 0 Å². The molecule has 1 aliphatic rings. The van der Waals surface area contributed by atoms with Gasteiger partial charge in [0.05, 0.1) is 12.1 Å². The Morgan fingerprint density at radius 1 is 1.57 bits per heavy atom. The van der Waals surface area contributed by atoms with Crippen molar-refractivity contribution in [2.45, 2.75) is 38.8 Å². The van der Waals surface area contributed by atoms with Crippen molar-refractivity contribution in [1.29, 1.82) is 0 Å². The lowest BCUT2D eigenvalue weighted by Crippen LogP contribution is -2.69. The van der Waals surface area contributed by atoms with Crippen molar-refractivity contribution < 1.29 is 9.53 Å². The van der Waals surface area contributed by atoms with Crippen LogP contribution in [0.1, 0.15) is 27.2 Å². The molecule has 1 fully saturated rings. The molecule has 0 aliphatic heterocycles. The minimum atomic E-state index is -0.139. The Morgan fingerprint density at radius 2 is 2.14 bits per heavy atom. The number of methoxy groups -OCH3 is 1. The van der Waals surface area contributed by atoms with E-state index < -0.39 is 0 Å². The van der Waals surface area contributed by atoms with Gasteiger partial charge in [-0.3, -0.25) is 4.79 Å². The van der Waals surface area contributed by atoms with Gasteiger partial charge in [0.2, 0.25) is 5.91 Å². The predicted octanol–water partition coefficient (Wildman–Crippen LogP) is 0.265. The van der Waals surface area contributed by atoms with Gasteiger partial charge in [-0.1, -0.05) is 13.8 Å². The molecule has 2 unspecified atom stereocenters. The first-order valence-electron chi connectivity index (χ1n) is 4.92. The zero-order valence-electron chi connectivity index (χ0n) is 9.39. The molecule has 0 aromatic rings. The number of nitrogens with one attached hydrogen (secondary N) is 1. The SMILES string of the molecule is COC1(C)CC(NC(=O)CN)C1(C)C. The number of rotatable bonds is 3. The zero-order chi connectivity index (χ0) is 11.0. The summed E-state index contributed by atoms with van der Waals surface area (Å²) >= 11 is 0. The Labute approximate surface area is 85.2 Å². The van der Waals surface area contributed by atoms with E-state index in [9.17, 15) is 4.79 Å². The van der Waals surface area contributed by atoms with Crippen LogP contribution in [0.2, 0.25) is 0 Å². The number of ether oxygens (including phenoxy) is 1. The topological polar surface area (TPSA) is 64.3 Å². The fourth-order valence-corrected chi connectivity index (χ4v) is 1.98. The number of carbonyl (C=O) groups excluding carboxylic acids is 1. The molecular weight excluding hydrogens is 180 g/mol. The van der Waals surface area contributed by atoms with E-state index in [0.29, 0.717) is 0 Å². The molecule has 0 heterocycles. The van der Waals surface area contributed by atoms with Gasteiger partial charge >= 0.3 is 0 Å². The lowest BCUT2D eigenvalue weighted by Gasteiger charge is -2.59. The highest BCUT2D eigenvalue weighted by Gasteiger charge is 2.58. The van der Waals surface area contributed by atoms with E-state index in [1.165, 1.54) is 0 Å². The van der Waals surface area contributed by atoms with Crippen LogP contribution in [0.4, 0.5) is 0 Å². The lowest BCUT2D eigenvalue weighted by atomic mass is 9.56. The zero-order valence-corrected chi connectivity index (χ0v) is 9.39. The monoisotopic (exact) mass is 200 g/mol. The third-order valence-electron chi connectivity index (χ3n) is 3.80. The molecule has 0 radical (unpaired) electrons. The van der Waals surface area contributed by atoms with Crippen LogP contribution < -0.4 is 11.1 Å². The van der Waals surface area contributed by atoms with Crippen LogP contribution in [0.3, 0.4) is 0 Å². The second-order valence-electron chi connectivity index (χ2n) is 4.69. The van der Waals surface area contributed by atoms with Gasteiger partial charge in [0.1, 0.15) is 0 Å². The molecule has 1 rings (SSSR count). The van der Waals surface area contributed by atoms with E-state index in [-0.39, 0.29) is 29.5 Å². The van der Waals surface area contributed by atoms with Crippen LogP contribution in [0, 0.1) is 5.41 Å². The molecule has 4 nitrogen and oxygen atoms in total. The second-order valence-corrected chi connectivity index (χ2v) is 4.69. The van der Waals surface area contributed by atoms with Gasteiger partial charge in [-0.05, 0) is 13.3 Å². The number of amides is 1. The summed E-state index contributed by atoms with van der Waals surface area (Å²) in [4.78, 5) is 11.1. The van der Waals surface area contributed by atoms with Gasteiger partial charge in [0.25, 0.3) is 0 Å². The van der Waals surface area contributed by atoms with Crippen LogP contribution in [0.5, 0.6) is 0 Å². The first kappa shape index (κ1) is 11.5. The molecule has 0 bridgehead atoms. The third-order valence-corrected chi connectivity index (χ3v) is 3.80. The smallest absolute Gasteiger partial charge is 0.233 e. The summed E-state index contributed by atoms with van der Waals surface area (Å²) in [5.74, 6) is -0.0961. The van der Waals surface area contributed by atoms with Crippen LogP contribution in [-0.2, 0) is 9.53 Å². The summed E-state index contributed by atoms with van der Waals surface area (Å²) in [5, 5.41) is 2.90. The predicted molar refractivity (Wildman–Crippen MR) is 54.8 cm³/mol. The van der Waals surface area contributed by atoms with E-state index in [1.54, 1.807) is 7.11 Å². The maximum atomic E-state index is 11.1. The van der Waals surface area contributed by atoms with Crippen molar-refractivity contribution in [1.82, 2.24) is 5.32 Å². The molecule has 0 aromatic carbocycles. The third kappa shape index (κ3) is 1.53. The van der Waals surface area contributed by atoms with E-state index >= 15 is 0 Å². The molecule has 2 atom stereocenters. The van der Waals surface area contributed by atoms with E-state index in [0.717, 1.165) is 6.42 Å². The van der Waals surface area contributed by atoms with Gasteiger partial charge in [0, 0.05) is 18.6 Å². The fourth-order valence-electron chi connectivity index (χ4n) is 1.98. The van der Waals surface area contributed by atoms with Crippen LogP contribution in [-0.4, -0.2) is 31.2 Å². The van der Waals surface area contributed by atoms with Crippen molar-refractivity contribution in [3.05, 3.63) is 0 Å². The largest absolute Gasteiger partial charge is 0.378 e. The molecule has 1 saturated carbocycles. The highest BCUT2D eigenvalue weighted by Crippen LogP contribution is 2.51. The highest BCUT2D eigenvalue weighted by molar-refractivity contribution is 5.78.